The maximum atomic E-state index is 10.2. The number of hydrogen-bond acceptors (Lipinski definition) is 8. The Morgan fingerprint density at radius 2 is 1.93 bits per heavy atom. The first-order valence-corrected chi connectivity index (χ1v) is 8.38. The Kier molecular flexibility index (Phi) is 4.77. The van der Waals surface area contributed by atoms with Crippen molar-refractivity contribution < 1.29 is 20.1 Å². The highest BCUT2D eigenvalue weighted by atomic mass is 16.6. The largest absolute Gasteiger partial charge is 0.394 e. The molecule has 1 aliphatic heterocycles. The van der Waals surface area contributed by atoms with Crippen LogP contribution in [-0.4, -0.2) is 69.3 Å². The van der Waals surface area contributed by atoms with Gasteiger partial charge >= 0.3 is 0 Å². The summed E-state index contributed by atoms with van der Waals surface area (Å²) in [6.45, 7) is -0.414. The molecule has 142 valence electrons. The van der Waals surface area contributed by atoms with E-state index in [1.54, 1.807) is 17.1 Å². The Balaban J connectivity index is 1.64. The molecule has 0 aromatic carbocycles. The molecular formula is C18H16N6O4. The van der Waals surface area contributed by atoms with E-state index in [0.717, 1.165) is 5.69 Å². The molecule has 10 nitrogen and oxygen atoms in total. The lowest BCUT2D eigenvalue weighted by molar-refractivity contribution is -0.0511. The highest BCUT2D eigenvalue weighted by molar-refractivity contribution is 5.76. The van der Waals surface area contributed by atoms with Crippen LogP contribution in [0.1, 0.15) is 17.6 Å². The first-order valence-electron chi connectivity index (χ1n) is 8.38. The Bertz CT molecular complexity index is 1130. The summed E-state index contributed by atoms with van der Waals surface area (Å²) in [6.07, 6.45) is 1.76. The van der Waals surface area contributed by atoms with Crippen molar-refractivity contribution in [1.29, 1.82) is 0 Å². The van der Waals surface area contributed by atoms with Gasteiger partial charge in [-0.1, -0.05) is 0 Å². The second kappa shape index (κ2) is 7.38. The van der Waals surface area contributed by atoms with Crippen LogP contribution in [0, 0.1) is 23.7 Å². The third kappa shape index (κ3) is 3.11. The molecular weight excluding hydrogens is 364 g/mol. The quantitative estimate of drug-likeness (QED) is 0.462. The number of ether oxygens (including phenoxy) is 1. The summed E-state index contributed by atoms with van der Waals surface area (Å²) in [5.41, 5.74) is 1.90. The molecule has 0 amide bonds. The van der Waals surface area contributed by atoms with Gasteiger partial charge in [-0.2, -0.15) is 0 Å². The molecule has 10 heteroatoms. The normalized spacial score (nSPS) is 23.9. The van der Waals surface area contributed by atoms with E-state index >= 15 is 0 Å². The van der Waals surface area contributed by atoms with Gasteiger partial charge in [0, 0.05) is 7.05 Å². The van der Waals surface area contributed by atoms with Crippen LogP contribution in [0.25, 0.3) is 11.2 Å². The fourth-order valence-electron chi connectivity index (χ4n) is 2.90. The maximum absolute atomic E-state index is 10.2. The second-order valence-corrected chi connectivity index (χ2v) is 6.16. The molecule has 1 saturated heterocycles. The monoisotopic (exact) mass is 380 g/mol. The Morgan fingerprint density at radius 3 is 2.64 bits per heavy atom. The fraction of sp³-hybridized carbons (Fsp3) is 0.333. The minimum absolute atomic E-state index is 0.370. The number of fused-ring (bicyclic) bond motifs is 1. The van der Waals surface area contributed by atoms with Gasteiger partial charge in [0.25, 0.3) is 0 Å². The molecule has 0 unspecified atom stereocenters. The van der Waals surface area contributed by atoms with Gasteiger partial charge < -0.3 is 24.6 Å². The van der Waals surface area contributed by atoms with Crippen LogP contribution in [0.3, 0.4) is 0 Å². The highest BCUT2D eigenvalue weighted by Gasteiger charge is 2.43. The molecule has 4 rings (SSSR count). The van der Waals surface area contributed by atoms with Crippen molar-refractivity contribution in [3.05, 3.63) is 36.6 Å². The van der Waals surface area contributed by atoms with Gasteiger partial charge in [0.15, 0.2) is 11.9 Å². The molecule has 4 atom stereocenters. The van der Waals surface area contributed by atoms with Gasteiger partial charge in [-0.3, -0.25) is 4.57 Å². The van der Waals surface area contributed by atoms with Crippen molar-refractivity contribution in [2.24, 2.45) is 7.05 Å². The first kappa shape index (κ1) is 18.1. The van der Waals surface area contributed by atoms with Gasteiger partial charge in [-0.25, -0.2) is 19.9 Å². The van der Waals surface area contributed by atoms with Gasteiger partial charge in [0.1, 0.15) is 41.5 Å². The third-order valence-electron chi connectivity index (χ3n) is 4.40. The zero-order chi connectivity index (χ0) is 19.7. The van der Waals surface area contributed by atoms with E-state index in [1.165, 1.54) is 17.2 Å². The molecule has 1 fully saturated rings. The lowest BCUT2D eigenvalue weighted by Crippen LogP contribution is -2.33. The van der Waals surface area contributed by atoms with Gasteiger partial charge in [-0.05, 0) is 23.7 Å². The molecule has 0 saturated carbocycles. The smallest absolute Gasteiger partial charge is 0.166 e. The van der Waals surface area contributed by atoms with Crippen LogP contribution in [0.4, 0.5) is 0 Å². The summed E-state index contributed by atoms with van der Waals surface area (Å²) in [5.74, 6) is 11.2. The number of aliphatic hydroxyl groups is 3. The predicted octanol–water partition coefficient (Wildman–Crippen LogP) is -1.43. The minimum Gasteiger partial charge on any atom is -0.394 e. The molecule has 3 aromatic rings. The van der Waals surface area contributed by atoms with Gasteiger partial charge in [0.05, 0.1) is 25.5 Å². The molecule has 0 bridgehead atoms. The van der Waals surface area contributed by atoms with Crippen molar-refractivity contribution in [3.8, 4) is 23.7 Å². The lowest BCUT2D eigenvalue weighted by Gasteiger charge is -2.16. The predicted molar refractivity (Wildman–Crippen MR) is 95.3 cm³/mol. The number of imidazole rings is 2. The molecule has 0 aliphatic carbocycles. The SMILES string of the molecule is Cn1cncc1C#CC#Cc1ncnc2c1ncn2[C@@H]1O[C@H](CO)[C@@H](O)[C@H]1O. The Labute approximate surface area is 159 Å². The van der Waals surface area contributed by atoms with E-state index in [0.29, 0.717) is 16.9 Å². The van der Waals surface area contributed by atoms with Crippen LogP contribution in [0.2, 0.25) is 0 Å². The number of aliphatic hydroxyl groups excluding tert-OH is 3. The highest BCUT2D eigenvalue weighted by Crippen LogP contribution is 2.31. The summed E-state index contributed by atoms with van der Waals surface area (Å²) in [4.78, 5) is 16.5. The van der Waals surface area contributed by atoms with Crippen LogP contribution in [0.5, 0.6) is 0 Å². The lowest BCUT2D eigenvalue weighted by atomic mass is 10.1. The standard InChI is InChI=1S/C18H16N6O4/c1-23-9-19-6-11(23)4-2-3-5-12-14-17(21-8-20-12)24(10-22-14)18-16(27)15(26)13(7-25)28-18/h6,8-10,13,15-16,18,25-27H,7H2,1H3/t13-,15-,16-,18-/m1/s1. The van der Waals surface area contributed by atoms with Crippen LogP contribution in [-0.2, 0) is 11.8 Å². The first-order chi connectivity index (χ1) is 13.6. The van der Waals surface area contributed by atoms with Gasteiger partial charge in [-0.15, -0.1) is 0 Å². The van der Waals surface area contributed by atoms with Crippen molar-refractivity contribution >= 4 is 11.2 Å². The Morgan fingerprint density at radius 1 is 1.11 bits per heavy atom. The zero-order valence-corrected chi connectivity index (χ0v) is 14.8. The summed E-state index contributed by atoms with van der Waals surface area (Å²) < 4.78 is 8.78. The fourth-order valence-corrected chi connectivity index (χ4v) is 2.90. The average molecular weight is 380 g/mol. The average Bonchev–Trinajstić information content (AvgIpc) is 3.38. The molecule has 3 N–H and O–H groups in total. The summed E-state index contributed by atoms with van der Waals surface area (Å²) >= 11 is 0. The van der Waals surface area contributed by atoms with E-state index in [1.807, 2.05) is 7.05 Å². The number of nitrogens with zero attached hydrogens (tertiary/aromatic N) is 6. The minimum atomic E-state index is -1.23. The van der Waals surface area contributed by atoms with Crippen molar-refractivity contribution in [2.75, 3.05) is 6.61 Å². The Hall–Kier alpha value is -3.28. The van der Waals surface area contributed by atoms with Crippen LogP contribution in [0.15, 0.2) is 25.2 Å². The third-order valence-corrected chi connectivity index (χ3v) is 4.40. The van der Waals surface area contributed by atoms with Crippen molar-refractivity contribution in [1.82, 2.24) is 29.1 Å². The van der Waals surface area contributed by atoms with E-state index in [4.69, 9.17) is 4.74 Å². The van der Waals surface area contributed by atoms with Crippen molar-refractivity contribution in [2.45, 2.75) is 24.5 Å². The van der Waals surface area contributed by atoms with Crippen LogP contribution >= 0.6 is 0 Å². The van der Waals surface area contributed by atoms with Crippen molar-refractivity contribution in [3.63, 3.8) is 0 Å². The summed E-state index contributed by atoms with van der Waals surface area (Å²) in [7, 11) is 1.84. The molecule has 3 aromatic heterocycles. The number of aryl methyl sites for hydroxylation is 1. The summed E-state index contributed by atoms with van der Waals surface area (Å²) in [5, 5.41) is 29.4. The van der Waals surface area contributed by atoms with E-state index in [9.17, 15) is 15.3 Å². The molecule has 1 aliphatic rings. The van der Waals surface area contributed by atoms with Crippen LogP contribution < -0.4 is 0 Å². The number of rotatable bonds is 2. The maximum Gasteiger partial charge on any atom is 0.166 e. The number of aromatic nitrogens is 6. The van der Waals surface area contributed by atoms with Gasteiger partial charge in [0.2, 0.25) is 0 Å². The van der Waals surface area contributed by atoms with E-state index in [-0.39, 0.29) is 0 Å². The zero-order valence-electron chi connectivity index (χ0n) is 14.8. The van der Waals surface area contributed by atoms with E-state index in [2.05, 4.69) is 43.6 Å². The molecule has 0 radical (unpaired) electrons. The number of hydrogen-bond donors (Lipinski definition) is 3. The topological polar surface area (TPSA) is 131 Å². The molecule has 4 heterocycles. The molecule has 0 spiro atoms. The second-order valence-electron chi connectivity index (χ2n) is 6.16. The molecule has 28 heavy (non-hydrogen) atoms. The summed E-state index contributed by atoms with van der Waals surface area (Å²) in [6, 6.07) is 0. The van der Waals surface area contributed by atoms with E-state index < -0.39 is 31.1 Å².